The standard InChI is InChI=1S/C14H18N2O3/c1-9(8-17-2)5-14-15-10-6-12-13(7-11(10)16-14)19-4-3-18-12/h6-7,9H,3-5,8H2,1-2H3,(H,15,16). The van der Waals surface area contributed by atoms with Crippen LogP contribution in [-0.4, -0.2) is 36.9 Å². The summed E-state index contributed by atoms with van der Waals surface area (Å²) in [5, 5.41) is 0. The first-order valence-electron chi connectivity index (χ1n) is 6.53. The van der Waals surface area contributed by atoms with E-state index in [0.29, 0.717) is 19.1 Å². The molecule has 0 spiro atoms. The lowest BCUT2D eigenvalue weighted by Crippen LogP contribution is -2.15. The number of H-pyrrole nitrogens is 1. The highest BCUT2D eigenvalue weighted by atomic mass is 16.6. The minimum atomic E-state index is 0.438. The number of methoxy groups -OCH3 is 1. The number of ether oxygens (including phenoxy) is 3. The van der Waals surface area contributed by atoms with Crippen LogP contribution in [0.25, 0.3) is 11.0 Å². The second kappa shape index (κ2) is 5.09. The van der Waals surface area contributed by atoms with Crippen LogP contribution < -0.4 is 9.47 Å². The third-order valence-corrected chi connectivity index (χ3v) is 3.19. The fraction of sp³-hybridized carbons (Fsp3) is 0.500. The number of hydrogen-bond donors (Lipinski definition) is 1. The smallest absolute Gasteiger partial charge is 0.163 e. The number of nitrogens with zero attached hydrogens (tertiary/aromatic N) is 1. The maximum Gasteiger partial charge on any atom is 0.163 e. The van der Waals surface area contributed by atoms with Crippen molar-refractivity contribution in [3.8, 4) is 11.5 Å². The highest BCUT2D eigenvalue weighted by Crippen LogP contribution is 2.33. The van der Waals surface area contributed by atoms with Gasteiger partial charge < -0.3 is 19.2 Å². The first-order valence-corrected chi connectivity index (χ1v) is 6.53. The van der Waals surface area contributed by atoms with Crippen LogP contribution in [0.3, 0.4) is 0 Å². The summed E-state index contributed by atoms with van der Waals surface area (Å²) in [7, 11) is 1.72. The van der Waals surface area contributed by atoms with E-state index in [2.05, 4.69) is 16.9 Å². The Kier molecular flexibility index (Phi) is 3.29. The molecule has 1 aromatic heterocycles. The average Bonchev–Trinajstić information content (AvgIpc) is 2.77. The van der Waals surface area contributed by atoms with Gasteiger partial charge in [-0.3, -0.25) is 0 Å². The monoisotopic (exact) mass is 262 g/mol. The van der Waals surface area contributed by atoms with Crippen molar-refractivity contribution in [2.75, 3.05) is 26.9 Å². The van der Waals surface area contributed by atoms with Gasteiger partial charge in [0, 0.05) is 32.3 Å². The summed E-state index contributed by atoms with van der Waals surface area (Å²) in [6.45, 7) is 4.08. The van der Waals surface area contributed by atoms with Crippen molar-refractivity contribution >= 4 is 11.0 Å². The quantitative estimate of drug-likeness (QED) is 0.917. The van der Waals surface area contributed by atoms with Crippen molar-refractivity contribution in [2.45, 2.75) is 13.3 Å². The van der Waals surface area contributed by atoms with Gasteiger partial charge in [-0.15, -0.1) is 0 Å². The highest BCUT2D eigenvalue weighted by molar-refractivity contribution is 5.79. The first kappa shape index (κ1) is 12.3. The highest BCUT2D eigenvalue weighted by Gasteiger charge is 2.15. The fourth-order valence-corrected chi connectivity index (χ4v) is 2.37. The molecule has 0 radical (unpaired) electrons. The Hall–Kier alpha value is -1.75. The molecule has 2 heterocycles. The molecule has 2 aromatic rings. The maximum atomic E-state index is 5.57. The summed E-state index contributed by atoms with van der Waals surface area (Å²) < 4.78 is 16.3. The van der Waals surface area contributed by atoms with Gasteiger partial charge in [-0.25, -0.2) is 4.98 Å². The van der Waals surface area contributed by atoms with Crippen LogP contribution in [-0.2, 0) is 11.2 Å². The van der Waals surface area contributed by atoms with Crippen LogP contribution in [0, 0.1) is 5.92 Å². The van der Waals surface area contributed by atoms with Gasteiger partial charge in [0.2, 0.25) is 0 Å². The van der Waals surface area contributed by atoms with Gasteiger partial charge in [0.05, 0.1) is 11.0 Å². The molecule has 1 N–H and O–H groups in total. The number of aromatic nitrogens is 2. The van der Waals surface area contributed by atoms with E-state index in [0.717, 1.165) is 41.4 Å². The number of fused-ring (bicyclic) bond motifs is 2. The van der Waals surface area contributed by atoms with Crippen LogP contribution >= 0.6 is 0 Å². The molecule has 0 saturated heterocycles. The third-order valence-electron chi connectivity index (χ3n) is 3.19. The van der Waals surface area contributed by atoms with E-state index in [1.807, 2.05) is 12.1 Å². The number of nitrogens with one attached hydrogen (secondary N) is 1. The molecule has 19 heavy (non-hydrogen) atoms. The molecule has 0 saturated carbocycles. The molecule has 5 heteroatoms. The SMILES string of the molecule is COCC(C)Cc1nc2cc3c(cc2[nH]1)OCCO3. The fourth-order valence-electron chi connectivity index (χ4n) is 2.37. The van der Waals surface area contributed by atoms with Gasteiger partial charge in [0.25, 0.3) is 0 Å². The molecule has 102 valence electrons. The van der Waals surface area contributed by atoms with Gasteiger partial charge in [0.15, 0.2) is 11.5 Å². The lowest BCUT2D eigenvalue weighted by Gasteiger charge is -2.17. The molecule has 1 aliphatic heterocycles. The molecule has 5 nitrogen and oxygen atoms in total. The van der Waals surface area contributed by atoms with Crippen molar-refractivity contribution in [1.82, 2.24) is 9.97 Å². The Labute approximate surface area is 111 Å². The lowest BCUT2D eigenvalue weighted by atomic mass is 10.1. The molecular formula is C14H18N2O3. The summed E-state index contributed by atoms with van der Waals surface area (Å²) in [4.78, 5) is 7.93. The molecule has 0 bridgehead atoms. The molecule has 1 unspecified atom stereocenters. The normalized spacial score (nSPS) is 15.7. The molecule has 3 rings (SSSR count). The Morgan fingerprint density at radius 3 is 2.79 bits per heavy atom. The summed E-state index contributed by atoms with van der Waals surface area (Å²) in [6.07, 6.45) is 0.870. The van der Waals surface area contributed by atoms with Crippen molar-refractivity contribution < 1.29 is 14.2 Å². The Morgan fingerprint density at radius 2 is 2.05 bits per heavy atom. The van der Waals surface area contributed by atoms with Crippen molar-refractivity contribution in [3.05, 3.63) is 18.0 Å². The maximum absolute atomic E-state index is 5.57. The van der Waals surface area contributed by atoms with Crippen LogP contribution in [0.5, 0.6) is 11.5 Å². The number of imidazole rings is 1. The van der Waals surface area contributed by atoms with E-state index in [-0.39, 0.29) is 0 Å². The van der Waals surface area contributed by atoms with Crippen LogP contribution in [0.1, 0.15) is 12.7 Å². The van der Waals surface area contributed by atoms with Crippen molar-refractivity contribution in [2.24, 2.45) is 5.92 Å². The van der Waals surface area contributed by atoms with E-state index in [1.165, 1.54) is 0 Å². The predicted molar refractivity (Wildman–Crippen MR) is 71.8 cm³/mol. The van der Waals surface area contributed by atoms with Crippen LogP contribution in [0.15, 0.2) is 12.1 Å². The van der Waals surface area contributed by atoms with Crippen molar-refractivity contribution in [3.63, 3.8) is 0 Å². The van der Waals surface area contributed by atoms with E-state index < -0.39 is 0 Å². The summed E-state index contributed by atoms with van der Waals surface area (Å²) in [5.74, 6) is 2.98. The van der Waals surface area contributed by atoms with E-state index in [1.54, 1.807) is 7.11 Å². The Morgan fingerprint density at radius 1 is 1.32 bits per heavy atom. The zero-order chi connectivity index (χ0) is 13.2. The number of rotatable bonds is 4. The minimum Gasteiger partial charge on any atom is -0.486 e. The van der Waals surface area contributed by atoms with E-state index in [4.69, 9.17) is 14.2 Å². The first-order chi connectivity index (χ1) is 9.26. The summed E-state index contributed by atoms with van der Waals surface area (Å²) in [6, 6.07) is 3.89. The van der Waals surface area contributed by atoms with Gasteiger partial charge in [-0.1, -0.05) is 6.92 Å². The second-order valence-corrected chi connectivity index (χ2v) is 4.96. The zero-order valence-corrected chi connectivity index (χ0v) is 11.2. The van der Waals surface area contributed by atoms with E-state index >= 15 is 0 Å². The molecule has 1 aromatic carbocycles. The molecule has 0 amide bonds. The number of benzene rings is 1. The lowest BCUT2D eigenvalue weighted by molar-refractivity contribution is 0.159. The zero-order valence-electron chi connectivity index (χ0n) is 11.2. The van der Waals surface area contributed by atoms with Gasteiger partial charge >= 0.3 is 0 Å². The Balaban J connectivity index is 1.88. The second-order valence-electron chi connectivity index (χ2n) is 4.96. The van der Waals surface area contributed by atoms with Crippen LogP contribution in [0.2, 0.25) is 0 Å². The average molecular weight is 262 g/mol. The summed E-state index contributed by atoms with van der Waals surface area (Å²) in [5.41, 5.74) is 1.91. The van der Waals surface area contributed by atoms with Gasteiger partial charge in [-0.2, -0.15) is 0 Å². The molecule has 1 aliphatic rings. The molecule has 1 atom stereocenters. The molecule has 0 fully saturated rings. The van der Waals surface area contributed by atoms with E-state index in [9.17, 15) is 0 Å². The molecular weight excluding hydrogens is 244 g/mol. The van der Waals surface area contributed by atoms with Crippen molar-refractivity contribution in [1.29, 1.82) is 0 Å². The predicted octanol–water partition coefficient (Wildman–Crippen LogP) is 2.16. The number of aromatic amines is 1. The topological polar surface area (TPSA) is 56.4 Å². The van der Waals surface area contributed by atoms with Gasteiger partial charge in [-0.05, 0) is 5.92 Å². The Bertz CT molecular complexity index is 536. The number of hydrogen-bond acceptors (Lipinski definition) is 4. The third kappa shape index (κ3) is 2.51. The van der Waals surface area contributed by atoms with Crippen LogP contribution in [0.4, 0.5) is 0 Å². The minimum absolute atomic E-state index is 0.438. The largest absolute Gasteiger partial charge is 0.486 e. The summed E-state index contributed by atoms with van der Waals surface area (Å²) >= 11 is 0. The molecule has 0 aliphatic carbocycles. The van der Waals surface area contributed by atoms with Gasteiger partial charge in [0.1, 0.15) is 19.0 Å².